The van der Waals surface area contributed by atoms with Crippen molar-refractivity contribution in [3.63, 3.8) is 0 Å². The van der Waals surface area contributed by atoms with Gasteiger partial charge in [-0.1, -0.05) is 36.8 Å². The minimum atomic E-state index is -0.199. The Morgan fingerprint density at radius 2 is 1.92 bits per heavy atom. The largest absolute Gasteiger partial charge is 0.369 e. The smallest absolute Gasteiger partial charge is 0.222 e. The summed E-state index contributed by atoms with van der Waals surface area (Å²) in [5.41, 5.74) is 7.35. The standard InChI is InChI=1S/C20H23FN2OS/c21-18-6-2-1-4-15(18)13-25-16-10-8-14(9-11-16)12-23-19-7-3-5-17(19)20(22)24/h1-2,4,6,8-11,17,19,23H,3,5,7,12-13H2,(H2,22,24). The van der Waals surface area contributed by atoms with Crippen LogP contribution >= 0.6 is 11.8 Å². The van der Waals surface area contributed by atoms with Crippen LogP contribution in [0.4, 0.5) is 4.39 Å². The molecule has 0 spiro atoms. The van der Waals surface area contributed by atoms with Gasteiger partial charge in [-0.2, -0.15) is 0 Å². The minimum Gasteiger partial charge on any atom is -0.369 e. The first kappa shape index (κ1) is 18.0. The molecule has 5 heteroatoms. The van der Waals surface area contributed by atoms with E-state index in [2.05, 4.69) is 29.6 Å². The third-order valence-electron chi connectivity index (χ3n) is 4.73. The van der Waals surface area contributed by atoms with E-state index in [1.54, 1.807) is 17.8 Å². The number of nitrogens with one attached hydrogen (secondary N) is 1. The van der Waals surface area contributed by atoms with Crippen LogP contribution in [0.15, 0.2) is 53.4 Å². The lowest BCUT2D eigenvalue weighted by molar-refractivity contribution is -0.122. The molecule has 3 nitrogen and oxygen atoms in total. The van der Waals surface area contributed by atoms with Crippen LogP contribution in [-0.4, -0.2) is 11.9 Å². The van der Waals surface area contributed by atoms with Crippen LogP contribution in [0.5, 0.6) is 0 Å². The summed E-state index contributed by atoms with van der Waals surface area (Å²) in [6.45, 7) is 0.729. The summed E-state index contributed by atoms with van der Waals surface area (Å²) in [7, 11) is 0. The number of primary amides is 1. The van der Waals surface area contributed by atoms with Gasteiger partial charge in [-0.05, 0) is 42.2 Å². The van der Waals surface area contributed by atoms with Crippen molar-refractivity contribution in [2.24, 2.45) is 11.7 Å². The molecule has 0 radical (unpaired) electrons. The van der Waals surface area contributed by atoms with Crippen molar-refractivity contribution in [3.8, 4) is 0 Å². The van der Waals surface area contributed by atoms with Crippen molar-refractivity contribution in [1.29, 1.82) is 0 Å². The van der Waals surface area contributed by atoms with Gasteiger partial charge < -0.3 is 11.1 Å². The Balaban J connectivity index is 1.50. The molecule has 2 aromatic carbocycles. The predicted octanol–water partition coefficient (Wildman–Crippen LogP) is 3.86. The molecule has 1 fully saturated rings. The average molecular weight is 358 g/mol. The van der Waals surface area contributed by atoms with Gasteiger partial charge in [-0.15, -0.1) is 11.8 Å². The van der Waals surface area contributed by atoms with E-state index < -0.39 is 0 Å². The van der Waals surface area contributed by atoms with Crippen LogP contribution in [-0.2, 0) is 17.1 Å². The summed E-state index contributed by atoms with van der Waals surface area (Å²) in [6, 6.07) is 15.3. The van der Waals surface area contributed by atoms with E-state index in [1.165, 1.54) is 11.6 Å². The molecule has 2 atom stereocenters. The summed E-state index contributed by atoms with van der Waals surface area (Å²) >= 11 is 1.62. The number of thioether (sulfide) groups is 1. The molecule has 1 aliphatic carbocycles. The number of hydrogen-bond acceptors (Lipinski definition) is 3. The van der Waals surface area contributed by atoms with E-state index in [0.29, 0.717) is 5.75 Å². The van der Waals surface area contributed by atoms with Gasteiger partial charge in [0.1, 0.15) is 5.82 Å². The van der Waals surface area contributed by atoms with Crippen molar-refractivity contribution in [3.05, 3.63) is 65.5 Å². The molecule has 3 rings (SSSR count). The van der Waals surface area contributed by atoms with Gasteiger partial charge in [0.25, 0.3) is 0 Å². The summed E-state index contributed by atoms with van der Waals surface area (Å²) in [5, 5.41) is 3.46. The van der Waals surface area contributed by atoms with E-state index in [1.807, 2.05) is 12.1 Å². The highest BCUT2D eigenvalue weighted by Gasteiger charge is 2.30. The molecular formula is C20H23FN2OS. The fraction of sp³-hybridized carbons (Fsp3) is 0.350. The molecule has 1 amide bonds. The number of hydrogen-bond donors (Lipinski definition) is 2. The fourth-order valence-electron chi connectivity index (χ4n) is 3.27. The van der Waals surface area contributed by atoms with Crippen LogP contribution in [0.3, 0.4) is 0 Å². The Kier molecular flexibility index (Phi) is 6.10. The second kappa shape index (κ2) is 8.50. The zero-order chi connectivity index (χ0) is 17.6. The molecule has 1 aliphatic rings. The van der Waals surface area contributed by atoms with Crippen molar-refractivity contribution in [1.82, 2.24) is 5.32 Å². The van der Waals surface area contributed by atoms with Crippen LogP contribution in [0.25, 0.3) is 0 Å². The fourth-order valence-corrected chi connectivity index (χ4v) is 4.16. The quantitative estimate of drug-likeness (QED) is 0.739. The van der Waals surface area contributed by atoms with Crippen LogP contribution in [0.2, 0.25) is 0 Å². The lowest BCUT2D eigenvalue weighted by Crippen LogP contribution is -2.38. The maximum Gasteiger partial charge on any atom is 0.222 e. The molecule has 0 heterocycles. The van der Waals surface area contributed by atoms with Crippen LogP contribution in [0.1, 0.15) is 30.4 Å². The van der Waals surface area contributed by atoms with Gasteiger partial charge in [0, 0.05) is 23.2 Å². The van der Waals surface area contributed by atoms with Gasteiger partial charge >= 0.3 is 0 Å². The van der Waals surface area contributed by atoms with Crippen molar-refractivity contribution in [2.75, 3.05) is 0 Å². The molecule has 0 saturated heterocycles. The normalized spacial score (nSPS) is 19.9. The molecule has 1 saturated carbocycles. The molecule has 2 unspecified atom stereocenters. The summed E-state index contributed by atoms with van der Waals surface area (Å²) < 4.78 is 13.6. The highest BCUT2D eigenvalue weighted by atomic mass is 32.2. The average Bonchev–Trinajstić information content (AvgIpc) is 3.09. The zero-order valence-electron chi connectivity index (χ0n) is 14.1. The highest BCUT2D eigenvalue weighted by molar-refractivity contribution is 7.98. The summed E-state index contributed by atoms with van der Waals surface area (Å²) in [5.74, 6) is 0.217. The van der Waals surface area contributed by atoms with Crippen molar-refractivity contribution in [2.45, 2.75) is 42.5 Å². The van der Waals surface area contributed by atoms with Crippen molar-refractivity contribution < 1.29 is 9.18 Å². The number of nitrogens with two attached hydrogens (primary N) is 1. The Labute approximate surface area is 152 Å². The van der Waals surface area contributed by atoms with Crippen LogP contribution < -0.4 is 11.1 Å². The second-order valence-corrected chi connectivity index (χ2v) is 7.50. The Bertz CT molecular complexity index is 720. The first-order valence-electron chi connectivity index (χ1n) is 8.61. The van der Waals surface area contributed by atoms with Gasteiger partial charge in [-0.3, -0.25) is 4.79 Å². The number of halogens is 1. The third-order valence-corrected chi connectivity index (χ3v) is 5.79. The number of amides is 1. The number of rotatable bonds is 7. The number of benzene rings is 2. The van der Waals surface area contributed by atoms with Crippen molar-refractivity contribution >= 4 is 17.7 Å². The molecule has 25 heavy (non-hydrogen) atoms. The third kappa shape index (κ3) is 4.83. The van der Waals surface area contributed by atoms with Gasteiger partial charge in [0.15, 0.2) is 0 Å². The highest BCUT2D eigenvalue weighted by Crippen LogP contribution is 2.26. The molecule has 2 aromatic rings. The van der Waals surface area contributed by atoms with Gasteiger partial charge in [-0.25, -0.2) is 4.39 Å². The predicted molar refractivity (Wildman–Crippen MR) is 99.6 cm³/mol. The summed E-state index contributed by atoms with van der Waals surface area (Å²) in [6.07, 6.45) is 2.94. The molecule has 3 N–H and O–H groups in total. The molecule has 0 bridgehead atoms. The maximum atomic E-state index is 13.6. The topological polar surface area (TPSA) is 55.1 Å². The van der Waals surface area contributed by atoms with Crippen LogP contribution in [0, 0.1) is 11.7 Å². The van der Waals surface area contributed by atoms with Gasteiger partial charge in [0.05, 0.1) is 5.92 Å². The van der Waals surface area contributed by atoms with E-state index in [0.717, 1.165) is 36.3 Å². The molecular weight excluding hydrogens is 335 g/mol. The van der Waals surface area contributed by atoms with E-state index >= 15 is 0 Å². The summed E-state index contributed by atoms with van der Waals surface area (Å²) in [4.78, 5) is 12.5. The van der Waals surface area contributed by atoms with E-state index in [4.69, 9.17) is 5.73 Å². The monoisotopic (exact) mass is 358 g/mol. The van der Waals surface area contributed by atoms with E-state index in [-0.39, 0.29) is 23.7 Å². The lowest BCUT2D eigenvalue weighted by Gasteiger charge is -2.18. The molecule has 132 valence electrons. The number of carbonyl (C=O) groups excluding carboxylic acids is 1. The first-order chi connectivity index (χ1) is 12.1. The van der Waals surface area contributed by atoms with Gasteiger partial charge in [0.2, 0.25) is 5.91 Å². The Morgan fingerprint density at radius 1 is 1.16 bits per heavy atom. The number of carbonyl (C=O) groups is 1. The van der Waals surface area contributed by atoms with E-state index in [9.17, 15) is 9.18 Å². The Hall–Kier alpha value is -1.85. The first-order valence-corrected chi connectivity index (χ1v) is 9.60. The lowest BCUT2D eigenvalue weighted by atomic mass is 10.0. The zero-order valence-corrected chi connectivity index (χ0v) is 14.9. The molecule has 0 aromatic heterocycles. The SMILES string of the molecule is NC(=O)C1CCCC1NCc1ccc(SCc2ccccc2F)cc1. The maximum absolute atomic E-state index is 13.6. The minimum absolute atomic E-state index is 0.0457. The molecule has 0 aliphatic heterocycles. The second-order valence-electron chi connectivity index (χ2n) is 6.45. The Morgan fingerprint density at radius 3 is 2.64 bits per heavy atom.